The van der Waals surface area contributed by atoms with Gasteiger partial charge < -0.3 is 15.5 Å². The Balaban J connectivity index is 4.38. The van der Waals surface area contributed by atoms with Gasteiger partial charge in [0.15, 0.2) is 0 Å². The smallest absolute Gasteiger partial charge is 0.244 e. The van der Waals surface area contributed by atoms with Gasteiger partial charge in [-0.25, -0.2) is 0 Å². The number of nitrogens with zero attached hydrogens (tertiary/aromatic N) is 1. The van der Waals surface area contributed by atoms with Gasteiger partial charge in [-0.2, -0.15) is 0 Å². The van der Waals surface area contributed by atoms with E-state index in [0.717, 1.165) is 0 Å². The number of hydrogen-bond acceptors (Lipinski definition) is 3. The molecule has 0 fully saturated rings. The van der Waals surface area contributed by atoms with Crippen LogP contribution in [-0.4, -0.2) is 50.4 Å². The van der Waals surface area contributed by atoms with Crippen LogP contribution in [0.4, 0.5) is 0 Å². The van der Waals surface area contributed by atoms with Gasteiger partial charge in [-0.05, 0) is 19.4 Å². The van der Waals surface area contributed by atoms with Crippen molar-refractivity contribution in [3.05, 3.63) is 0 Å². The van der Waals surface area contributed by atoms with Crippen molar-refractivity contribution < 1.29 is 9.59 Å². The van der Waals surface area contributed by atoms with Gasteiger partial charge in [-0.15, -0.1) is 0 Å². The lowest BCUT2D eigenvalue weighted by atomic mass is 10.0. The van der Waals surface area contributed by atoms with Crippen molar-refractivity contribution in [2.24, 2.45) is 5.92 Å². The van der Waals surface area contributed by atoms with E-state index in [4.69, 9.17) is 0 Å². The van der Waals surface area contributed by atoms with Crippen LogP contribution in [0.5, 0.6) is 0 Å². The fourth-order valence-electron chi connectivity index (χ4n) is 1.51. The molecular formula is C12H25N3O2. The summed E-state index contributed by atoms with van der Waals surface area (Å²) in [6.45, 7) is 4.70. The first-order chi connectivity index (χ1) is 7.88. The monoisotopic (exact) mass is 243 g/mol. The Hall–Kier alpha value is -1.10. The Kier molecular flexibility index (Phi) is 7.54. The Morgan fingerprint density at radius 3 is 2.24 bits per heavy atom. The third-order valence-electron chi connectivity index (χ3n) is 2.38. The molecule has 0 aliphatic heterocycles. The van der Waals surface area contributed by atoms with Crippen molar-refractivity contribution in [3.63, 3.8) is 0 Å². The number of nitrogens with one attached hydrogen (secondary N) is 2. The molecule has 0 bridgehead atoms. The minimum atomic E-state index is -0.408. The predicted octanol–water partition coefficient (Wildman–Crippen LogP) is 0.215. The SMILES string of the molecule is CNCCC(=O)NC(CC(C)C)C(=O)N(C)C. The van der Waals surface area contributed by atoms with Crippen LogP contribution in [0.3, 0.4) is 0 Å². The van der Waals surface area contributed by atoms with Gasteiger partial charge in [-0.3, -0.25) is 9.59 Å². The molecule has 0 aromatic heterocycles. The minimum absolute atomic E-state index is 0.0449. The number of rotatable bonds is 7. The van der Waals surface area contributed by atoms with Crippen molar-refractivity contribution in [1.82, 2.24) is 15.5 Å². The molecule has 0 aromatic rings. The Labute approximate surface area is 104 Å². The van der Waals surface area contributed by atoms with E-state index < -0.39 is 6.04 Å². The van der Waals surface area contributed by atoms with Crippen LogP contribution in [0.15, 0.2) is 0 Å². The fraction of sp³-hybridized carbons (Fsp3) is 0.833. The van der Waals surface area contributed by atoms with Gasteiger partial charge >= 0.3 is 0 Å². The molecule has 1 unspecified atom stereocenters. The van der Waals surface area contributed by atoms with E-state index >= 15 is 0 Å². The number of amides is 2. The maximum atomic E-state index is 11.9. The molecule has 2 amide bonds. The molecule has 5 heteroatoms. The van der Waals surface area contributed by atoms with E-state index in [1.807, 2.05) is 13.8 Å². The average Bonchev–Trinajstić information content (AvgIpc) is 2.23. The third kappa shape index (κ3) is 6.94. The maximum absolute atomic E-state index is 11.9. The lowest BCUT2D eigenvalue weighted by molar-refractivity contribution is -0.134. The highest BCUT2D eigenvalue weighted by Gasteiger charge is 2.22. The van der Waals surface area contributed by atoms with Crippen molar-refractivity contribution in [1.29, 1.82) is 0 Å². The van der Waals surface area contributed by atoms with Gasteiger partial charge in [-0.1, -0.05) is 13.8 Å². The zero-order valence-corrected chi connectivity index (χ0v) is 11.5. The van der Waals surface area contributed by atoms with Crippen molar-refractivity contribution in [2.75, 3.05) is 27.7 Å². The maximum Gasteiger partial charge on any atom is 0.244 e. The molecule has 0 saturated heterocycles. The van der Waals surface area contributed by atoms with Crippen LogP contribution in [0.25, 0.3) is 0 Å². The summed E-state index contributed by atoms with van der Waals surface area (Å²) in [6, 6.07) is -0.408. The molecule has 0 heterocycles. The summed E-state index contributed by atoms with van der Waals surface area (Å²) in [5.74, 6) is 0.241. The van der Waals surface area contributed by atoms with Crippen LogP contribution < -0.4 is 10.6 Å². The highest BCUT2D eigenvalue weighted by molar-refractivity contribution is 5.87. The van der Waals surface area contributed by atoms with Crippen LogP contribution >= 0.6 is 0 Å². The van der Waals surface area contributed by atoms with Crippen molar-refractivity contribution in [3.8, 4) is 0 Å². The molecule has 0 radical (unpaired) electrons. The largest absolute Gasteiger partial charge is 0.347 e. The van der Waals surface area contributed by atoms with E-state index in [0.29, 0.717) is 25.3 Å². The third-order valence-corrected chi connectivity index (χ3v) is 2.38. The molecule has 100 valence electrons. The molecule has 0 saturated carbocycles. The van der Waals surface area contributed by atoms with Crippen molar-refractivity contribution in [2.45, 2.75) is 32.7 Å². The molecule has 5 nitrogen and oxygen atoms in total. The lowest BCUT2D eigenvalue weighted by Gasteiger charge is -2.23. The second-order valence-corrected chi connectivity index (χ2v) is 4.84. The molecule has 0 aliphatic rings. The summed E-state index contributed by atoms with van der Waals surface area (Å²) in [7, 11) is 5.20. The lowest BCUT2D eigenvalue weighted by Crippen LogP contribution is -2.47. The summed E-state index contributed by atoms with van der Waals surface area (Å²) in [4.78, 5) is 25.0. The quantitative estimate of drug-likeness (QED) is 0.672. The first-order valence-electron chi connectivity index (χ1n) is 6.03. The van der Waals surface area contributed by atoms with E-state index in [9.17, 15) is 9.59 Å². The Morgan fingerprint density at radius 1 is 1.24 bits per heavy atom. The highest BCUT2D eigenvalue weighted by Crippen LogP contribution is 2.07. The van der Waals surface area contributed by atoms with Gasteiger partial charge in [0.25, 0.3) is 0 Å². The Bertz CT molecular complexity index is 252. The average molecular weight is 243 g/mol. The topological polar surface area (TPSA) is 61.4 Å². The van der Waals surface area contributed by atoms with Crippen LogP contribution in [0.1, 0.15) is 26.7 Å². The fourth-order valence-corrected chi connectivity index (χ4v) is 1.51. The molecule has 0 rings (SSSR count). The van der Waals surface area contributed by atoms with Crippen LogP contribution in [0, 0.1) is 5.92 Å². The second-order valence-electron chi connectivity index (χ2n) is 4.84. The molecule has 17 heavy (non-hydrogen) atoms. The van der Waals surface area contributed by atoms with Crippen molar-refractivity contribution >= 4 is 11.8 Å². The van der Waals surface area contributed by atoms with Gasteiger partial charge in [0, 0.05) is 27.1 Å². The minimum Gasteiger partial charge on any atom is -0.347 e. The molecule has 2 N–H and O–H groups in total. The number of carbonyl (C=O) groups excluding carboxylic acids is 2. The number of hydrogen-bond donors (Lipinski definition) is 2. The van der Waals surface area contributed by atoms with Crippen LogP contribution in [0.2, 0.25) is 0 Å². The predicted molar refractivity (Wildman–Crippen MR) is 68.6 cm³/mol. The van der Waals surface area contributed by atoms with E-state index in [1.54, 1.807) is 21.1 Å². The summed E-state index contributed by atoms with van der Waals surface area (Å²) >= 11 is 0. The van der Waals surface area contributed by atoms with Gasteiger partial charge in [0.05, 0.1) is 0 Å². The molecule has 0 spiro atoms. The standard InChI is InChI=1S/C12H25N3O2/c1-9(2)8-10(12(17)15(4)5)14-11(16)6-7-13-3/h9-10,13H,6-8H2,1-5H3,(H,14,16). The van der Waals surface area contributed by atoms with E-state index in [1.165, 1.54) is 4.90 Å². The zero-order chi connectivity index (χ0) is 13.4. The first-order valence-corrected chi connectivity index (χ1v) is 6.03. The van der Waals surface area contributed by atoms with E-state index in [-0.39, 0.29) is 11.8 Å². The normalized spacial score (nSPS) is 12.4. The Morgan fingerprint density at radius 2 is 1.82 bits per heavy atom. The summed E-state index contributed by atoms with van der Waals surface area (Å²) in [5, 5.41) is 5.70. The summed E-state index contributed by atoms with van der Waals surface area (Å²) < 4.78 is 0. The first kappa shape index (κ1) is 15.9. The molecule has 0 aliphatic carbocycles. The molecular weight excluding hydrogens is 218 g/mol. The van der Waals surface area contributed by atoms with Gasteiger partial charge in [0.1, 0.15) is 6.04 Å². The van der Waals surface area contributed by atoms with Crippen LogP contribution in [-0.2, 0) is 9.59 Å². The molecule has 1 atom stereocenters. The van der Waals surface area contributed by atoms with E-state index in [2.05, 4.69) is 10.6 Å². The van der Waals surface area contributed by atoms with Gasteiger partial charge in [0.2, 0.25) is 11.8 Å². The zero-order valence-electron chi connectivity index (χ0n) is 11.5. The number of carbonyl (C=O) groups is 2. The summed E-state index contributed by atoms with van der Waals surface area (Å²) in [5.41, 5.74) is 0. The molecule has 0 aromatic carbocycles. The second kappa shape index (κ2) is 8.06. The summed E-state index contributed by atoms with van der Waals surface area (Å²) in [6.07, 6.45) is 1.06. The number of likely N-dealkylation sites (N-methyl/N-ethyl adjacent to an activating group) is 1. The highest BCUT2D eigenvalue weighted by atomic mass is 16.2.